The second-order valence-electron chi connectivity index (χ2n) is 2.82. The van der Waals surface area contributed by atoms with E-state index >= 15 is 0 Å². The predicted octanol–water partition coefficient (Wildman–Crippen LogP) is 2.77. The highest BCUT2D eigenvalue weighted by Gasteiger charge is 2.32. The van der Waals surface area contributed by atoms with Gasteiger partial charge in [0.05, 0.1) is 0 Å². The van der Waals surface area contributed by atoms with Gasteiger partial charge in [0.2, 0.25) is 5.88 Å². The molecule has 84 valence electrons. The molecule has 1 aromatic rings. The molecule has 0 fully saturated rings. The van der Waals surface area contributed by atoms with Crippen molar-refractivity contribution >= 4 is 21.7 Å². The van der Waals surface area contributed by atoms with E-state index in [0.717, 1.165) is 0 Å². The monoisotopic (exact) mass is 284 g/mol. The largest absolute Gasteiger partial charge is 0.574 e. The highest BCUT2D eigenvalue weighted by atomic mass is 79.9. The highest BCUT2D eigenvalue weighted by Crippen LogP contribution is 2.26. The molecular formula is C8H8BrF3N2O. The van der Waals surface area contributed by atoms with Crippen LogP contribution in [-0.4, -0.2) is 11.3 Å². The van der Waals surface area contributed by atoms with Gasteiger partial charge in [0.1, 0.15) is 5.82 Å². The number of pyridine rings is 1. The fraction of sp³-hybridized carbons (Fsp3) is 0.375. The maximum Gasteiger partial charge on any atom is 0.574 e. The molecule has 0 radical (unpaired) electrons. The van der Waals surface area contributed by atoms with E-state index in [4.69, 9.17) is 5.73 Å². The van der Waals surface area contributed by atoms with Crippen LogP contribution in [0.25, 0.3) is 0 Å². The van der Waals surface area contributed by atoms with Crippen LogP contribution >= 0.6 is 15.9 Å². The quantitative estimate of drug-likeness (QED) is 0.850. The minimum Gasteiger partial charge on any atom is -0.388 e. The van der Waals surface area contributed by atoms with Gasteiger partial charge in [-0.2, -0.15) is 4.98 Å². The van der Waals surface area contributed by atoms with Crippen molar-refractivity contribution in [1.29, 1.82) is 0 Å². The lowest BCUT2D eigenvalue weighted by Crippen LogP contribution is -2.18. The van der Waals surface area contributed by atoms with Crippen LogP contribution in [0.2, 0.25) is 0 Å². The molecule has 0 aliphatic carbocycles. The molecular weight excluding hydrogens is 277 g/mol. The molecule has 0 unspecified atom stereocenters. The summed E-state index contributed by atoms with van der Waals surface area (Å²) in [5, 5.41) is 0.434. The molecule has 7 heteroatoms. The van der Waals surface area contributed by atoms with Gasteiger partial charge in [-0.15, -0.1) is 13.2 Å². The number of alkyl halides is 4. The molecule has 3 nitrogen and oxygen atoms in total. The minimum absolute atomic E-state index is 0.0334. The van der Waals surface area contributed by atoms with Crippen LogP contribution in [0.5, 0.6) is 5.88 Å². The molecule has 0 atom stereocenters. The highest BCUT2D eigenvalue weighted by molar-refractivity contribution is 9.08. The Hall–Kier alpha value is -0.980. The van der Waals surface area contributed by atoms with Gasteiger partial charge in [0.25, 0.3) is 0 Å². The predicted molar refractivity (Wildman–Crippen MR) is 52.7 cm³/mol. The summed E-state index contributed by atoms with van der Waals surface area (Å²) in [6.07, 6.45) is -4.75. The molecule has 0 amide bonds. The summed E-state index contributed by atoms with van der Waals surface area (Å²) in [7, 11) is 0. The third-order valence-corrected chi connectivity index (χ3v) is 2.27. The lowest BCUT2D eigenvalue weighted by Gasteiger charge is -2.11. The van der Waals surface area contributed by atoms with Crippen LogP contribution in [0.3, 0.4) is 0 Å². The van der Waals surface area contributed by atoms with Crippen molar-refractivity contribution in [2.75, 3.05) is 5.73 Å². The molecule has 0 saturated heterocycles. The Labute approximate surface area is 92.6 Å². The van der Waals surface area contributed by atoms with E-state index in [1.54, 1.807) is 6.92 Å². The van der Waals surface area contributed by atoms with Gasteiger partial charge in [-0.3, -0.25) is 0 Å². The summed E-state index contributed by atoms with van der Waals surface area (Å²) in [6.45, 7) is 1.64. The fourth-order valence-electron chi connectivity index (χ4n) is 1.04. The Balaban J connectivity index is 3.04. The third kappa shape index (κ3) is 3.26. The van der Waals surface area contributed by atoms with Crippen molar-refractivity contribution in [3.8, 4) is 5.88 Å². The number of rotatable bonds is 2. The molecule has 2 N–H and O–H groups in total. The van der Waals surface area contributed by atoms with Gasteiger partial charge in [-0.1, -0.05) is 15.9 Å². The van der Waals surface area contributed by atoms with Gasteiger partial charge >= 0.3 is 6.36 Å². The summed E-state index contributed by atoms with van der Waals surface area (Å²) >= 11 is 3.16. The first-order chi connectivity index (χ1) is 6.83. The van der Waals surface area contributed by atoms with Crippen molar-refractivity contribution in [3.05, 3.63) is 17.2 Å². The first kappa shape index (κ1) is 12.1. The van der Waals surface area contributed by atoms with E-state index < -0.39 is 12.2 Å². The van der Waals surface area contributed by atoms with E-state index in [1.807, 2.05) is 0 Å². The number of nitrogens with zero attached hydrogens (tertiary/aromatic N) is 1. The van der Waals surface area contributed by atoms with Crippen molar-refractivity contribution < 1.29 is 17.9 Å². The fourth-order valence-corrected chi connectivity index (χ4v) is 1.77. The average Bonchev–Trinajstić information content (AvgIpc) is 1.99. The normalized spacial score (nSPS) is 11.5. The molecule has 0 saturated carbocycles. The van der Waals surface area contributed by atoms with Crippen LogP contribution in [0.1, 0.15) is 11.1 Å². The maximum absolute atomic E-state index is 11.9. The molecule has 0 aromatic carbocycles. The number of nitrogen functional groups attached to an aromatic ring is 1. The Bertz CT molecular complexity index is 344. The zero-order valence-electron chi connectivity index (χ0n) is 7.73. The summed E-state index contributed by atoms with van der Waals surface area (Å²) in [4.78, 5) is 3.50. The van der Waals surface area contributed by atoms with E-state index in [1.165, 1.54) is 6.07 Å². The second-order valence-corrected chi connectivity index (χ2v) is 3.38. The first-order valence-corrected chi connectivity index (χ1v) is 5.03. The zero-order valence-corrected chi connectivity index (χ0v) is 9.32. The van der Waals surface area contributed by atoms with E-state index in [0.29, 0.717) is 16.5 Å². The summed E-state index contributed by atoms with van der Waals surface area (Å²) < 4.78 is 39.3. The van der Waals surface area contributed by atoms with Crippen molar-refractivity contribution in [3.63, 3.8) is 0 Å². The van der Waals surface area contributed by atoms with Crippen LogP contribution in [0.15, 0.2) is 6.07 Å². The number of aryl methyl sites for hydroxylation is 1. The lowest BCUT2D eigenvalue weighted by atomic mass is 10.2. The molecule has 0 aliphatic heterocycles. The number of ether oxygens (including phenoxy) is 1. The SMILES string of the molecule is Cc1cc(OC(F)(F)F)nc(N)c1CBr. The topological polar surface area (TPSA) is 48.1 Å². The number of aromatic nitrogens is 1. The molecule has 15 heavy (non-hydrogen) atoms. The summed E-state index contributed by atoms with van der Waals surface area (Å²) in [5.41, 5.74) is 6.72. The minimum atomic E-state index is -4.75. The van der Waals surface area contributed by atoms with Gasteiger partial charge in [-0.25, -0.2) is 0 Å². The molecule has 1 aromatic heterocycles. The Morgan fingerprint density at radius 1 is 1.53 bits per heavy atom. The summed E-state index contributed by atoms with van der Waals surface area (Å²) in [5.74, 6) is -0.506. The zero-order chi connectivity index (χ0) is 11.6. The smallest absolute Gasteiger partial charge is 0.388 e. The van der Waals surface area contributed by atoms with Crippen LogP contribution in [-0.2, 0) is 5.33 Å². The van der Waals surface area contributed by atoms with Crippen LogP contribution < -0.4 is 10.5 Å². The molecule has 1 heterocycles. The molecule has 1 rings (SSSR count). The number of hydrogen-bond acceptors (Lipinski definition) is 3. The number of anilines is 1. The van der Waals surface area contributed by atoms with Crippen LogP contribution in [0, 0.1) is 6.92 Å². The van der Waals surface area contributed by atoms with Crippen molar-refractivity contribution in [2.45, 2.75) is 18.6 Å². The van der Waals surface area contributed by atoms with Crippen molar-refractivity contribution in [1.82, 2.24) is 4.98 Å². The molecule has 0 bridgehead atoms. The number of halogens is 4. The van der Waals surface area contributed by atoms with E-state index in [-0.39, 0.29) is 5.82 Å². The average molecular weight is 285 g/mol. The van der Waals surface area contributed by atoms with E-state index in [2.05, 4.69) is 25.7 Å². The number of nitrogens with two attached hydrogens (primary N) is 1. The summed E-state index contributed by atoms with van der Waals surface area (Å²) in [6, 6.07) is 1.19. The van der Waals surface area contributed by atoms with Gasteiger partial charge in [-0.05, 0) is 12.5 Å². The first-order valence-electron chi connectivity index (χ1n) is 3.91. The molecule has 0 aliphatic rings. The standard InChI is InChI=1S/C8H8BrF3N2O/c1-4-2-6(15-8(10,11)12)14-7(13)5(4)3-9/h2H,3H2,1H3,(H2,13,14). The van der Waals surface area contributed by atoms with E-state index in [9.17, 15) is 13.2 Å². The Morgan fingerprint density at radius 2 is 2.13 bits per heavy atom. The van der Waals surface area contributed by atoms with Gasteiger partial charge in [0, 0.05) is 17.0 Å². The molecule has 0 spiro atoms. The van der Waals surface area contributed by atoms with Gasteiger partial charge < -0.3 is 10.5 Å². The third-order valence-electron chi connectivity index (χ3n) is 1.71. The van der Waals surface area contributed by atoms with Gasteiger partial charge in [0.15, 0.2) is 0 Å². The van der Waals surface area contributed by atoms with Crippen LogP contribution in [0.4, 0.5) is 19.0 Å². The van der Waals surface area contributed by atoms with Crippen molar-refractivity contribution in [2.24, 2.45) is 0 Å². The maximum atomic E-state index is 11.9. The Morgan fingerprint density at radius 3 is 2.53 bits per heavy atom. The number of hydrogen-bond donors (Lipinski definition) is 1. The lowest BCUT2D eigenvalue weighted by molar-refractivity contribution is -0.276. The second kappa shape index (κ2) is 4.26. The Kier molecular flexibility index (Phi) is 3.43.